The first kappa shape index (κ1) is 14.1. The third-order valence-electron chi connectivity index (χ3n) is 3.19. The molecule has 0 amide bonds. The number of nitrogens with zero attached hydrogens (tertiary/aromatic N) is 1. The molecule has 0 aliphatic heterocycles. The first-order valence-electron chi connectivity index (χ1n) is 6.32. The van der Waals surface area contributed by atoms with Crippen LogP contribution in [0.5, 0.6) is 0 Å². The number of anilines is 1. The van der Waals surface area contributed by atoms with E-state index in [9.17, 15) is 18.0 Å². The summed E-state index contributed by atoms with van der Waals surface area (Å²) >= 11 is 0. The average Bonchev–Trinajstić information content (AvgIpc) is 2.47. The lowest BCUT2D eigenvalue weighted by Crippen LogP contribution is -2.10. The Morgan fingerprint density at radius 3 is 2.59 bits per heavy atom. The Morgan fingerprint density at radius 2 is 1.86 bits per heavy atom. The second kappa shape index (κ2) is 4.87. The molecule has 2 aromatic carbocycles. The third kappa shape index (κ3) is 2.52. The molecule has 0 atom stereocenters. The lowest BCUT2D eigenvalue weighted by molar-refractivity contribution is -0.137. The Balaban J connectivity index is 2.19. The van der Waals surface area contributed by atoms with Crippen molar-refractivity contribution in [2.24, 2.45) is 0 Å². The first-order valence-corrected chi connectivity index (χ1v) is 6.32. The highest BCUT2D eigenvalue weighted by Gasteiger charge is 2.30. The lowest BCUT2D eigenvalue weighted by Gasteiger charge is -2.09. The highest BCUT2D eigenvalue weighted by atomic mass is 19.4. The average molecular weight is 305 g/mol. The second-order valence-corrected chi connectivity index (χ2v) is 4.77. The van der Waals surface area contributed by atoms with E-state index in [1.54, 1.807) is 12.1 Å². The Kier molecular flexibility index (Phi) is 3.13. The monoisotopic (exact) mass is 305 g/mol. The van der Waals surface area contributed by atoms with Crippen molar-refractivity contribution < 1.29 is 13.2 Å². The smallest absolute Gasteiger partial charge is 0.399 e. The van der Waals surface area contributed by atoms with E-state index in [1.807, 2.05) is 0 Å². The van der Waals surface area contributed by atoms with E-state index in [-0.39, 0.29) is 16.8 Å². The van der Waals surface area contributed by atoms with Gasteiger partial charge in [0.15, 0.2) is 0 Å². The number of halogens is 3. The molecule has 1 aromatic heterocycles. The van der Waals surface area contributed by atoms with Gasteiger partial charge in [0, 0.05) is 11.3 Å². The number of alkyl halides is 3. The van der Waals surface area contributed by atoms with Crippen LogP contribution < -0.4 is 11.3 Å². The third-order valence-corrected chi connectivity index (χ3v) is 3.19. The maximum Gasteiger partial charge on any atom is 0.416 e. The van der Waals surface area contributed by atoms with Crippen LogP contribution in [0.25, 0.3) is 22.3 Å². The summed E-state index contributed by atoms with van der Waals surface area (Å²) in [4.78, 5) is 18.7. The fourth-order valence-electron chi connectivity index (χ4n) is 2.14. The standard InChI is InChI=1S/C15H10F3N3O/c16-15(17,18)9-3-1-2-8(6-9)13-20-12-5-4-10(19)7-11(12)14(22)21-13/h1-7H,19H2,(H,20,21,22). The van der Waals surface area contributed by atoms with E-state index in [4.69, 9.17) is 5.73 Å². The molecule has 0 unspecified atom stereocenters. The van der Waals surface area contributed by atoms with Crippen LogP contribution >= 0.6 is 0 Å². The number of H-pyrrole nitrogens is 1. The van der Waals surface area contributed by atoms with Gasteiger partial charge in [0.2, 0.25) is 0 Å². The van der Waals surface area contributed by atoms with Crippen LogP contribution in [0.4, 0.5) is 18.9 Å². The molecule has 7 heteroatoms. The van der Waals surface area contributed by atoms with Crippen LogP contribution in [0.2, 0.25) is 0 Å². The molecule has 0 aliphatic rings. The summed E-state index contributed by atoms with van der Waals surface area (Å²) in [6, 6.07) is 9.23. The Hall–Kier alpha value is -2.83. The van der Waals surface area contributed by atoms with Crippen LogP contribution in [0, 0.1) is 0 Å². The number of hydrogen-bond acceptors (Lipinski definition) is 3. The summed E-state index contributed by atoms with van der Waals surface area (Å²) in [6.45, 7) is 0. The highest BCUT2D eigenvalue weighted by Crippen LogP contribution is 2.31. The Labute approximate surface area is 122 Å². The fourth-order valence-corrected chi connectivity index (χ4v) is 2.14. The van der Waals surface area contributed by atoms with Gasteiger partial charge in [0.05, 0.1) is 16.5 Å². The predicted molar refractivity (Wildman–Crippen MR) is 77.2 cm³/mol. The number of benzene rings is 2. The minimum atomic E-state index is -4.46. The van der Waals surface area contributed by atoms with Crippen LogP contribution in [-0.2, 0) is 6.18 Å². The van der Waals surface area contributed by atoms with Gasteiger partial charge < -0.3 is 10.7 Å². The van der Waals surface area contributed by atoms with E-state index in [0.29, 0.717) is 11.2 Å². The molecule has 0 aliphatic carbocycles. The van der Waals surface area contributed by atoms with E-state index < -0.39 is 17.3 Å². The molecule has 1 heterocycles. The SMILES string of the molecule is Nc1ccc2nc(-c3cccc(C(F)(F)F)c3)[nH]c(=O)c2c1. The zero-order valence-electron chi connectivity index (χ0n) is 11.1. The second-order valence-electron chi connectivity index (χ2n) is 4.77. The summed E-state index contributed by atoms with van der Waals surface area (Å²) in [5.74, 6) is 0.0772. The van der Waals surface area contributed by atoms with Gasteiger partial charge in [-0.15, -0.1) is 0 Å². The number of rotatable bonds is 1. The highest BCUT2D eigenvalue weighted by molar-refractivity contribution is 5.82. The van der Waals surface area contributed by atoms with E-state index in [2.05, 4.69) is 9.97 Å². The van der Waals surface area contributed by atoms with Gasteiger partial charge in [-0.3, -0.25) is 4.79 Å². The zero-order valence-corrected chi connectivity index (χ0v) is 11.1. The van der Waals surface area contributed by atoms with Crippen molar-refractivity contribution in [3.8, 4) is 11.4 Å². The van der Waals surface area contributed by atoms with Crippen molar-refractivity contribution in [1.29, 1.82) is 0 Å². The fraction of sp³-hybridized carbons (Fsp3) is 0.0667. The van der Waals surface area contributed by atoms with E-state index >= 15 is 0 Å². The summed E-state index contributed by atoms with van der Waals surface area (Å²) in [5, 5.41) is 0.288. The van der Waals surface area contributed by atoms with Gasteiger partial charge in [0.1, 0.15) is 5.82 Å². The minimum Gasteiger partial charge on any atom is -0.399 e. The summed E-state index contributed by atoms with van der Waals surface area (Å²) in [6.07, 6.45) is -4.46. The van der Waals surface area contributed by atoms with Crippen LogP contribution in [0.3, 0.4) is 0 Å². The minimum absolute atomic E-state index is 0.0772. The van der Waals surface area contributed by atoms with Crippen molar-refractivity contribution in [1.82, 2.24) is 9.97 Å². The van der Waals surface area contributed by atoms with Gasteiger partial charge in [-0.25, -0.2) is 4.98 Å². The predicted octanol–water partition coefficient (Wildman–Crippen LogP) is 3.19. The maximum absolute atomic E-state index is 12.8. The number of nitrogens with two attached hydrogens (primary N) is 1. The van der Waals surface area contributed by atoms with Crippen molar-refractivity contribution in [2.75, 3.05) is 5.73 Å². The summed E-state index contributed by atoms with van der Waals surface area (Å²) in [7, 11) is 0. The molecular weight excluding hydrogens is 295 g/mol. The molecule has 3 aromatic rings. The lowest BCUT2D eigenvalue weighted by atomic mass is 10.1. The van der Waals surface area contributed by atoms with Gasteiger partial charge >= 0.3 is 6.18 Å². The Bertz CT molecular complexity index is 916. The topological polar surface area (TPSA) is 71.8 Å². The molecular formula is C15H10F3N3O. The van der Waals surface area contributed by atoms with Crippen molar-refractivity contribution >= 4 is 16.6 Å². The zero-order chi connectivity index (χ0) is 15.9. The summed E-state index contributed by atoms with van der Waals surface area (Å²) in [5.41, 5.74) is 5.31. The quantitative estimate of drug-likeness (QED) is 0.678. The number of hydrogen-bond donors (Lipinski definition) is 2. The summed E-state index contributed by atoms with van der Waals surface area (Å²) < 4.78 is 38.3. The van der Waals surface area contributed by atoms with Crippen molar-refractivity contribution in [3.63, 3.8) is 0 Å². The number of aromatic nitrogens is 2. The molecule has 0 saturated heterocycles. The van der Waals surface area contributed by atoms with Gasteiger partial charge in [0.25, 0.3) is 5.56 Å². The number of nitrogens with one attached hydrogen (secondary N) is 1. The van der Waals surface area contributed by atoms with Crippen LogP contribution in [0.15, 0.2) is 47.3 Å². The molecule has 3 N–H and O–H groups in total. The molecule has 0 saturated carbocycles. The van der Waals surface area contributed by atoms with E-state index in [1.165, 1.54) is 18.2 Å². The molecule has 22 heavy (non-hydrogen) atoms. The molecule has 0 fully saturated rings. The van der Waals surface area contributed by atoms with Gasteiger partial charge in [-0.05, 0) is 30.3 Å². The largest absolute Gasteiger partial charge is 0.416 e. The number of fused-ring (bicyclic) bond motifs is 1. The molecule has 0 spiro atoms. The number of aromatic amines is 1. The van der Waals surface area contributed by atoms with Crippen molar-refractivity contribution in [2.45, 2.75) is 6.18 Å². The van der Waals surface area contributed by atoms with Gasteiger partial charge in [-0.1, -0.05) is 12.1 Å². The molecule has 0 radical (unpaired) electrons. The van der Waals surface area contributed by atoms with Crippen molar-refractivity contribution in [3.05, 3.63) is 58.4 Å². The van der Waals surface area contributed by atoms with Gasteiger partial charge in [-0.2, -0.15) is 13.2 Å². The maximum atomic E-state index is 12.8. The first-order chi connectivity index (χ1) is 10.3. The molecule has 3 rings (SSSR count). The van der Waals surface area contributed by atoms with Crippen LogP contribution in [0.1, 0.15) is 5.56 Å². The molecule has 4 nitrogen and oxygen atoms in total. The van der Waals surface area contributed by atoms with E-state index in [0.717, 1.165) is 12.1 Å². The number of nitrogen functional groups attached to an aromatic ring is 1. The Morgan fingerprint density at radius 1 is 1.09 bits per heavy atom. The normalized spacial score (nSPS) is 11.8. The molecule has 0 bridgehead atoms. The van der Waals surface area contributed by atoms with Crippen LogP contribution in [-0.4, -0.2) is 9.97 Å². The molecule has 112 valence electrons.